The van der Waals surface area contributed by atoms with Crippen LogP contribution in [-0.4, -0.2) is 6.61 Å². The number of benzene rings is 1. The molecule has 0 bridgehead atoms. The van der Waals surface area contributed by atoms with E-state index in [4.69, 9.17) is 4.74 Å². The van der Waals surface area contributed by atoms with Crippen molar-refractivity contribution in [3.8, 4) is 0 Å². The van der Waals surface area contributed by atoms with Crippen molar-refractivity contribution in [2.45, 2.75) is 25.4 Å². The van der Waals surface area contributed by atoms with Gasteiger partial charge in [0.15, 0.2) is 0 Å². The van der Waals surface area contributed by atoms with Gasteiger partial charge in [-0.15, -0.1) is 11.3 Å². The van der Waals surface area contributed by atoms with Crippen molar-refractivity contribution in [2.75, 3.05) is 6.61 Å². The molecule has 1 aliphatic heterocycles. The SMILES string of the molecule is Cc1cc(C2(c3ccccc3)CCCO2)cs1. The van der Waals surface area contributed by atoms with Gasteiger partial charge in [-0.1, -0.05) is 30.3 Å². The number of aryl methyl sites for hydroxylation is 1. The van der Waals surface area contributed by atoms with Gasteiger partial charge in [0, 0.05) is 11.5 Å². The Morgan fingerprint density at radius 2 is 2.00 bits per heavy atom. The van der Waals surface area contributed by atoms with Gasteiger partial charge in [-0.2, -0.15) is 0 Å². The molecule has 0 aliphatic carbocycles. The summed E-state index contributed by atoms with van der Waals surface area (Å²) >= 11 is 1.80. The molecule has 2 heteroatoms. The maximum atomic E-state index is 6.13. The Labute approximate surface area is 106 Å². The molecule has 88 valence electrons. The number of hydrogen-bond acceptors (Lipinski definition) is 2. The van der Waals surface area contributed by atoms with E-state index >= 15 is 0 Å². The summed E-state index contributed by atoms with van der Waals surface area (Å²) in [5, 5.41) is 2.24. The largest absolute Gasteiger partial charge is 0.366 e. The molecule has 0 amide bonds. The molecule has 2 aromatic rings. The zero-order valence-corrected chi connectivity index (χ0v) is 10.8. The molecule has 1 atom stereocenters. The molecule has 1 nitrogen and oxygen atoms in total. The first-order valence-electron chi connectivity index (χ1n) is 6.06. The van der Waals surface area contributed by atoms with Crippen LogP contribution in [-0.2, 0) is 10.3 Å². The number of hydrogen-bond donors (Lipinski definition) is 0. The van der Waals surface area contributed by atoms with E-state index in [2.05, 4.69) is 48.7 Å². The van der Waals surface area contributed by atoms with Crippen LogP contribution in [0.3, 0.4) is 0 Å². The summed E-state index contributed by atoms with van der Waals surface area (Å²) in [6, 6.07) is 12.9. The minimum absolute atomic E-state index is 0.188. The summed E-state index contributed by atoms with van der Waals surface area (Å²) in [6.07, 6.45) is 2.23. The van der Waals surface area contributed by atoms with E-state index in [1.54, 1.807) is 11.3 Å². The number of thiophene rings is 1. The molecule has 0 radical (unpaired) electrons. The van der Waals surface area contributed by atoms with Crippen LogP contribution in [0.5, 0.6) is 0 Å². The fraction of sp³-hybridized carbons (Fsp3) is 0.333. The van der Waals surface area contributed by atoms with Crippen LogP contribution in [0.2, 0.25) is 0 Å². The first-order valence-corrected chi connectivity index (χ1v) is 6.94. The van der Waals surface area contributed by atoms with E-state index in [0.29, 0.717) is 0 Å². The highest BCUT2D eigenvalue weighted by Crippen LogP contribution is 2.43. The monoisotopic (exact) mass is 244 g/mol. The maximum absolute atomic E-state index is 6.13. The van der Waals surface area contributed by atoms with Gasteiger partial charge in [-0.3, -0.25) is 0 Å². The molecular formula is C15H16OS. The molecule has 17 heavy (non-hydrogen) atoms. The van der Waals surface area contributed by atoms with Gasteiger partial charge in [-0.05, 0) is 42.3 Å². The molecule has 1 aromatic heterocycles. The highest BCUT2D eigenvalue weighted by atomic mass is 32.1. The summed E-state index contributed by atoms with van der Waals surface area (Å²) in [5.74, 6) is 0. The van der Waals surface area contributed by atoms with Gasteiger partial charge >= 0.3 is 0 Å². The van der Waals surface area contributed by atoms with E-state index in [1.165, 1.54) is 16.0 Å². The predicted molar refractivity (Wildman–Crippen MR) is 71.5 cm³/mol. The van der Waals surface area contributed by atoms with Crippen molar-refractivity contribution < 1.29 is 4.74 Å². The fourth-order valence-electron chi connectivity index (χ4n) is 2.62. The summed E-state index contributed by atoms with van der Waals surface area (Å²) in [6.45, 7) is 3.02. The number of ether oxygens (including phenoxy) is 1. The molecule has 0 spiro atoms. The van der Waals surface area contributed by atoms with Crippen LogP contribution in [0.1, 0.15) is 28.8 Å². The highest BCUT2D eigenvalue weighted by Gasteiger charge is 2.39. The van der Waals surface area contributed by atoms with Gasteiger partial charge in [-0.25, -0.2) is 0 Å². The standard InChI is InChI=1S/C15H16OS/c1-12-10-14(11-17-12)15(8-5-9-16-15)13-6-3-2-4-7-13/h2-4,6-7,10-11H,5,8-9H2,1H3. The highest BCUT2D eigenvalue weighted by molar-refractivity contribution is 7.10. The molecule has 1 aromatic carbocycles. The summed E-state index contributed by atoms with van der Waals surface area (Å²) in [7, 11) is 0. The second kappa shape index (κ2) is 4.28. The van der Waals surface area contributed by atoms with Crippen molar-refractivity contribution in [3.63, 3.8) is 0 Å². The van der Waals surface area contributed by atoms with Crippen molar-refractivity contribution in [1.82, 2.24) is 0 Å². The Balaban J connectivity index is 2.11. The van der Waals surface area contributed by atoms with Crippen LogP contribution in [0.15, 0.2) is 41.8 Å². The van der Waals surface area contributed by atoms with Crippen LogP contribution < -0.4 is 0 Å². The van der Waals surface area contributed by atoms with Crippen molar-refractivity contribution >= 4 is 11.3 Å². The molecule has 1 unspecified atom stereocenters. The minimum Gasteiger partial charge on any atom is -0.366 e. The Morgan fingerprint density at radius 3 is 2.59 bits per heavy atom. The second-order valence-electron chi connectivity index (χ2n) is 4.59. The summed E-state index contributed by atoms with van der Waals surface area (Å²) in [5.41, 5.74) is 2.42. The Bertz CT molecular complexity index is 495. The van der Waals surface area contributed by atoms with Crippen molar-refractivity contribution in [2.24, 2.45) is 0 Å². The topological polar surface area (TPSA) is 9.23 Å². The van der Waals surface area contributed by atoms with E-state index in [1.807, 2.05) is 0 Å². The molecule has 1 aliphatic rings. The van der Waals surface area contributed by atoms with Gasteiger partial charge in [0.1, 0.15) is 5.60 Å². The molecular weight excluding hydrogens is 228 g/mol. The van der Waals surface area contributed by atoms with Gasteiger partial charge in [0.25, 0.3) is 0 Å². The minimum atomic E-state index is -0.188. The Hall–Kier alpha value is -1.12. The third-order valence-corrected chi connectivity index (χ3v) is 4.32. The smallest absolute Gasteiger partial charge is 0.119 e. The third-order valence-electron chi connectivity index (χ3n) is 3.46. The first-order chi connectivity index (χ1) is 8.31. The van der Waals surface area contributed by atoms with Crippen LogP contribution in [0, 0.1) is 6.92 Å². The van der Waals surface area contributed by atoms with Crippen molar-refractivity contribution in [3.05, 3.63) is 57.8 Å². The summed E-state index contributed by atoms with van der Waals surface area (Å²) in [4.78, 5) is 1.35. The molecule has 1 fully saturated rings. The lowest BCUT2D eigenvalue weighted by Gasteiger charge is -2.28. The normalized spacial score (nSPS) is 24.1. The Morgan fingerprint density at radius 1 is 1.18 bits per heavy atom. The van der Waals surface area contributed by atoms with Gasteiger partial charge in [0.2, 0.25) is 0 Å². The first kappa shape index (κ1) is 11.0. The maximum Gasteiger partial charge on any atom is 0.119 e. The van der Waals surface area contributed by atoms with Gasteiger partial charge < -0.3 is 4.74 Å². The molecule has 1 saturated heterocycles. The lowest BCUT2D eigenvalue weighted by molar-refractivity contribution is 0.0363. The third kappa shape index (κ3) is 1.81. The molecule has 2 heterocycles. The lowest BCUT2D eigenvalue weighted by Crippen LogP contribution is -2.25. The Kier molecular flexibility index (Phi) is 2.77. The lowest BCUT2D eigenvalue weighted by atomic mass is 9.85. The predicted octanol–water partition coefficient (Wildman–Crippen LogP) is 4.11. The molecule has 3 rings (SSSR count). The molecule has 0 saturated carbocycles. The average Bonchev–Trinajstić information content (AvgIpc) is 2.99. The zero-order chi connectivity index (χ0) is 11.7. The van der Waals surface area contributed by atoms with E-state index in [0.717, 1.165) is 19.4 Å². The number of rotatable bonds is 2. The van der Waals surface area contributed by atoms with Crippen LogP contribution in [0.25, 0.3) is 0 Å². The molecule has 0 N–H and O–H groups in total. The van der Waals surface area contributed by atoms with Gasteiger partial charge in [0.05, 0.1) is 0 Å². The summed E-state index contributed by atoms with van der Waals surface area (Å²) < 4.78 is 6.13. The zero-order valence-electron chi connectivity index (χ0n) is 9.98. The van der Waals surface area contributed by atoms with E-state index < -0.39 is 0 Å². The van der Waals surface area contributed by atoms with Crippen LogP contribution >= 0.6 is 11.3 Å². The van der Waals surface area contributed by atoms with E-state index in [9.17, 15) is 0 Å². The fourth-order valence-corrected chi connectivity index (χ4v) is 3.39. The quantitative estimate of drug-likeness (QED) is 0.772. The average molecular weight is 244 g/mol. The second-order valence-corrected chi connectivity index (χ2v) is 5.71. The van der Waals surface area contributed by atoms with E-state index in [-0.39, 0.29) is 5.60 Å². The van der Waals surface area contributed by atoms with Crippen molar-refractivity contribution in [1.29, 1.82) is 0 Å². The van der Waals surface area contributed by atoms with Crippen LogP contribution in [0.4, 0.5) is 0 Å².